The molecular weight excluding hydrogens is 464 g/mol. The molecule has 1 saturated heterocycles. The van der Waals surface area contributed by atoms with Gasteiger partial charge in [-0.05, 0) is 60.0 Å². The van der Waals surface area contributed by atoms with Gasteiger partial charge < -0.3 is 19.7 Å². The van der Waals surface area contributed by atoms with E-state index in [1.807, 2.05) is 54.7 Å². The Bertz CT molecular complexity index is 1440. The molecule has 1 amide bonds. The Morgan fingerprint density at radius 1 is 1.06 bits per heavy atom. The second kappa shape index (κ2) is 9.31. The van der Waals surface area contributed by atoms with Crippen LogP contribution in [0, 0.1) is 0 Å². The Kier molecular flexibility index (Phi) is 6.05. The van der Waals surface area contributed by atoms with E-state index in [4.69, 9.17) is 16.3 Å². The van der Waals surface area contributed by atoms with Crippen LogP contribution in [-0.4, -0.2) is 40.3 Å². The molecule has 0 aliphatic carbocycles. The van der Waals surface area contributed by atoms with Gasteiger partial charge in [0.1, 0.15) is 11.5 Å². The third-order valence-electron chi connectivity index (χ3n) is 6.37. The summed E-state index contributed by atoms with van der Waals surface area (Å²) in [7, 11) is 1.62. The van der Waals surface area contributed by atoms with E-state index in [2.05, 4.69) is 4.98 Å². The Hall–Kier alpha value is -4.03. The number of methoxy groups -OCH3 is 1. The first-order valence-corrected chi connectivity index (χ1v) is 11.6. The average Bonchev–Trinajstić information content (AvgIpc) is 3.40. The van der Waals surface area contributed by atoms with Crippen molar-refractivity contribution in [3.63, 3.8) is 0 Å². The van der Waals surface area contributed by atoms with Crippen molar-refractivity contribution in [1.29, 1.82) is 0 Å². The smallest absolute Gasteiger partial charge is 0.295 e. The van der Waals surface area contributed by atoms with Gasteiger partial charge in [0.15, 0.2) is 0 Å². The number of H-pyrrole nitrogens is 1. The van der Waals surface area contributed by atoms with Crippen LogP contribution in [0.15, 0.2) is 84.6 Å². The number of hydrogen-bond donors (Lipinski definition) is 2. The molecule has 1 aromatic heterocycles. The number of amides is 1. The molecule has 0 bridgehead atoms. The highest BCUT2D eigenvalue weighted by Gasteiger charge is 2.45. The number of carbonyl (C=O) groups excluding carboxylic acids is 2. The number of aliphatic hydroxyl groups excluding tert-OH is 1. The number of ether oxygens (including phenoxy) is 1. The number of fused-ring (bicyclic) bond motifs is 1. The molecule has 0 unspecified atom stereocenters. The van der Waals surface area contributed by atoms with E-state index in [0.29, 0.717) is 23.6 Å². The summed E-state index contributed by atoms with van der Waals surface area (Å²) in [5.41, 5.74) is 3.22. The zero-order valence-corrected chi connectivity index (χ0v) is 19.8. The van der Waals surface area contributed by atoms with Crippen LogP contribution in [0.2, 0.25) is 5.02 Å². The molecule has 2 heterocycles. The summed E-state index contributed by atoms with van der Waals surface area (Å²) in [5, 5.41) is 12.6. The van der Waals surface area contributed by atoms with E-state index in [1.54, 1.807) is 31.4 Å². The average molecular weight is 487 g/mol. The molecule has 5 rings (SSSR count). The summed E-state index contributed by atoms with van der Waals surface area (Å²) in [4.78, 5) is 31.2. The number of ketones is 1. The first-order valence-electron chi connectivity index (χ1n) is 11.2. The maximum absolute atomic E-state index is 13.2. The normalized spacial score (nSPS) is 17.3. The van der Waals surface area contributed by atoms with Crippen molar-refractivity contribution in [2.75, 3.05) is 13.7 Å². The molecule has 1 aliphatic rings. The largest absolute Gasteiger partial charge is 0.507 e. The lowest BCUT2D eigenvalue weighted by atomic mass is 9.95. The summed E-state index contributed by atoms with van der Waals surface area (Å²) in [6, 6.07) is 20.9. The lowest BCUT2D eigenvalue weighted by Crippen LogP contribution is -2.31. The summed E-state index contributed by atoms with van der Waals surface area (Å²) >= 11 is 5.99. The highest BCUT2D eigenvalue weighted by Crippen LogP contribution is 2.39. The highest BCUT2D eigenvalue weighted by molar-refractivity contribution is 6.46. The zero-order chi connectivity index (χ0) is 24.5. The number of aromatic nitrogens is 1. The number of carbonyl (C=O) groups is 2. The fraction of sp³-hybridized carbons (Fsp3) is 0.143. The molecule has 35 heavy (non-hydrogen) atoms. The van der Waals surface area contributed by atoms with Gasteiger partial charge in [-0.15, -0.1) is 0 Å². The molecule has 2 N–H and O–H groups in total. The summed E-state index contributed by atoms with van der Waals surface area (Å²) in [6.45, 7) is 0.297. The zero-order valence-electron chi connectivity index (χ0n) is 19.0. The minimum Gasteiger partial charge on any atom is -0.507 e. The van der Waals surface area contributed by atoms with Gasteiger partial charge >= 0.3 is 0 Å². The van der Waals surface area contributed by atoms with Crippen LogP contribution in [0.3, 0.4) is 0 Å². The lowest BCUT2D eigenvalue weighted by Gasteiger charge is -2.25. The number of halogens is 1. The number of hydrogen-bond acceptors (Lipinski definition) is 4. The molecule has 176 valence electrons. The first kappa shape index (κ1) is 22.7. The summed E-state index contributed by atoms with van der Waals surface area (Å²) in [5.74, 6) is -0.807. The van der Waals surface area contributed by atoms with Gasteiger partial charge in [0.25, 0.3) is 11.7 Å². The van der Waals surface area contributed by atoms with Gasteiger partial charge in [-0.1, -0.05) is 41.9 Å². The van der Waals surface area contributed by atoms with Crippen molar-refractivity contribution in [2.24, 2.45) is 0 Å². The Morgan fingerprint density at radius 2 is 1.80 bits per heavy atom. The number of likely N-dealkylation sites (tertiary alicyclic amines) is 1. The van der Waals surface area contributed by atoms with Crippen LogP contribution in [0.1, 0.15) is 22.7 Å². The van der Waals surface area contributed by atoms with E-state index in [-0.39, 0.29) is 11.3 Å². The molecule has 4 aromatic rings. The number of nitrogens with one attached hydrogen (secondary N) is 1. The fourth-order valence-corrected chi connectivity index (χ4v) is 4.71. The quantitative estimate of drug-likeness (QED) is 0.214. The molecule has 3 aromatic carbocycles. The van der Waals surface area contributed by atoms with Crippen LogP contribution in [0.4, 0.5) is 0 Å². The second-order valence-electron chi connectivity index (χ2n) is 8.39. The minimum atomic E-state index is -0.702. The molecule has 1 fully saturated rings. The number of Topliss-reactive ketones (excluding diaryl/α,β-unsaturated/α-hetero) is 1. The van der Waals surface area contributed by atoms with Gasteiger partial charge in [-0.3, -0.25) is 9.59 Å². The van der Waals surface area contributed by atoms with Crippen molar-refractivity contribution in [1.82, 2.24) is 9.88 Å². The molecule has 0 radical (unpaired) electrons. The number of aliphatic hydroxyl groups is 1. The van der Waals surface area contributed by atoms with Gasteiger partial charge in [0.05, 0.1) is 18.7 Å². The molecule has 1 aliphatic heterocycles. The number of benzene rings is 3. The molecule has 0 saturated carbocycles. The van der Waals surface area contributed by atoms with Crippen molar-refractivity contribution in [2.45, 2.75) is 12.5 Å². The fourth-order valence-electron chi connectivity index (χ4n) is 4.59. The van der Waals surface area contributed by atoms with Crippen molar-refractivity contribution < 1.29 is 19.4 Å². The van der Waals surface area contributed by atoms with Gasteiger partial charge in [0.2, 0.25) is 0 Å². The van der Waals surface area contributed by atoms with E-state index in [9.17, 15) is 14.7 Å². The molecule has 0 spiro atoms. The van der Waals surface area contributed by atoms with Gasteiger partial charge in [-0.2, -0.15) is 0 Å². The van der Waals surface area contributed by atoms with Crippen LogP contribution in [0.5, 0.6) is 5.75 Å². The van der Waals surface area contributed by atoms with Crippen LogP contribution < -0.4 is 4.74 Å². The van der Waals surface area contributed by atoms with E-state index >= 15 is 0 Å². The topological polar surface area (TPSA) is 82.6 Å². The summed E-state index contributed by atoms with van der Waals surface area (Å²) in [6.07, 6.45) is 2.43. The maximum atomic E-state index is 13.2. The summed E-state index contributed by atoms with van der Waals surface area (Å²) < 4.78 is 5.36. The van der Waals surface area contributed by atoms with Crippen molar-refractivity contribution >= 4 is 40.0 Å². The molecule has 6 nitrogen and oxygen atoms in total. The highest BCUT2D eigenvalue weighted by atomic mass is 35.5. The van der Waals surface area contributed by atoms with Crippen molar-refractivity contribution in [3.8, 4) is 5.75 Å². The van der Waals surface area contributed by atoms with Crippen molar-refractivity contribution in [3.05, 3.63) is 106 Å². The Labute approximate surface area is 207 Å². The standard InChI is InChI=1S/C28H23ClN2O4/c1-35-21-11-12-23-22(15-21)19(16-30-23)13-14-31-25(17-5-3-2-4-6-17)24(27(33)28(31)34)26(32)18-7-9-20(29)10-8-18/h2-12,15-16,25,30,32H,13-14H2,1H3/t25-/m0/s1. The number of rotatable bonds is 6. The molecular formula is C28H23ClN2O4. The second-order valence-corrected chi connectivity index (χ2v) is 8.82. The van der Waals surface area contributed by atoms with E-state index in [0.717, 1.165) is 27.8 Å². The minimum absolute atomic E-state index is 0.0733. The van der Waals surface area contributed by atoms with Gasteiger partial charge in [0, 0.05) is 34.2 Å². The first-order chi connectivity index (χ1) is 17.0. The Morgan fingerprint density at radius 3 is 2.51 bits per heavy atom. The third-order valence-corrected chi connectivity index (χ3v) is 6.62. The monoisotopic (exact) mass is 486 g/mol. The van der Waals surface area contributed by atoms with Crippen LogP contribution in [0.25, 0.3) is 16.7 Å². The molecule has 7 heteroatoms. The Balaban J connectivity index is 1.54. The van der Waals surface area contributed by atoms with Crippen LogP contribution in [-0.2, 0) is 16.0 Å². The number of nitrogens with zero attached hydrogens (tertiary/aromatic N) is 1. The van der Waals surface area contributed by atoms with Crippen LogP contribution >= 0.6 is 11.6 Å². The number of aromatic amines is 1. The SMILES string of the molecule is COc1ccc2[nH]cc(CCN3C(=O)C(=O)C(=C(O)c4ccc(Cl)cc4)[C@@H]3c3ccccc3)c2c1. The lowest BCUT2D eigenvalue weighted by molar-refractivity contribution is -0.139. The van der Waals surface area contributed by atoms with Gasteiger partial charge in [-0.25, -0.2) is 0 Å². The predicted molar refractivity (Wildman–Crippen MR) is 135 cm³/mol. The predicted octanol–water partition coefficient (Wildman–Crippen LogP) is 5.49. The van der Waals surface area contributed by atoms with E-state index < -0.39 is 17.7 Å². The van der Waals surface area contributed by atoms with E-state index in [1.165, 1.54) is 4.90 Å². The molecule has 1 atom stereocenters. The third kappa shape index (κ3) is 4.17. The maximum Gasteiger partial charge on any atom is 0.295 e.